The van der Waals surface area contributed by atoms with Crippen LogP contribution in [-0.2, 0) is 6.42 Å². The van der Waals surface area contributed by atoms with Gasteiger partial charge in [0.2, 0.25) is 0 Å². The third kappa shape index (κ3) is 3.25. The average molecular weight is 302 g/mol. The Morgan fingerprint density at radius 1 is 0.739 bits per heavy atom. The Balaban J connectivity index is 1.67. The van der Waals surface area contributed by atoms with Crippen molar-refractivity contribution in [1.29, 1.82) is 0 Å². The summed E-state index contributed by atoms with van der Waals surface area (Å²) in [7, 11) is 0. The summed E-state index contributed by atoms with van der Waals surface area (Å²) in [5.41, 5.74) is 3.07. The summed E-state index contributed by atoms with van der Waals surface area (Å²) < 4.78 is 0. The molecule has 0 saturated carbocycles. The standard InChI is InChI=1S/C22H27B/c1-3-9-18(10-4-1)17-22(19-11-5-2-6-12-19)23-20-13-7-14-21(23)16-8-15-20/h1-6,9-12,20-22H,7-8,13-17H2. The minimum absolute atomic E-state index is 0.703. The second kappa shape index (κ2) is 6.95. The third-order valence-corrected chi connectivity index (χ3v) is 6.38. The average Bonchev–Trinajstić information content (AvgIpc) is 2.61. The predicted molar refractivity (Wildman–Crippen MR) is 100 cm³/mol. The number of hydrogen-bond donors (Lipinski definition) is 0. The van der Waals surface area contributed by atoms with Crippen LogP contribution in [0.3, 0.4) is 0 Å². The van der Waals surface area contributed by atoms with Crippen molar-refractivity contribution < 1.29 is 0 Å². The van der Waals surface area contributed by atoms with Gasteiger partial charge in [-0.1, -0.05) is 116 Å². The fourth-order valence-corrected chi connectivity index (χ4v) is 5.43. The summed E-state index contributed by atoms with van der Waals surface area (Å²) in [4.78, 5) is 0. The van der Waals surface area contributed by atoms with Gasteiger partial charge in [0.05, 0.1) is 0 Å². The topological polar surface area (TPSA) is 0 Å². The van der Waals surface area contributed by atoms with Crippen molar-refractivity contribution in [2.24, 2.45) is 0 Å². The van der Waals surface area contributed by atoms with E-state index in [4.69, 9.17) is 0 Å². The van der Waals surface area contributed by atoms with Crippen LogP contribution in [0.1, 0.15) is 55.5 Å². The Kier molecular flexibility index (Phi) is 4.55. The van der Waals surface area contributed by atoms with Gasteiger partial charge in [-0.25, -0.2) is 0 Å². The number of hydrogen-bond acceptors (Lipinski definition) is 0. The molecule has 23 heavy (non-hydrogen) atoms. The summed E-state index contributed by atoms with van der Waals surface area (Å²) in [5, 5.41) is 0. The molecule has 2 saturated heterocycles. The zero-order valence-corrected chi connectivity index (χ0v) is 14.0. The van der Waals surface area contributed by atoms with Crippen molar-refractivity contribution in [2.45, 2.75) is 62.4 Å². The molecule has 2 bridgehead atoms. The van der Waals surface area contributed by atoms with Crippen LogP contribution in [0.25, 0.3) is 0 Å². The highest BCUT2D eigenvalue weighted by atomic mass is 14.3. The number of benzene rings is 2. The van der Waals surface area contributed by atoms with E-state index in [-0.39, 0.29) is 0 Å². The maximum atomic E-state index is 2.37. The highest BCUT2D eigenvalue weighted by Crippen LogP contribution is 2.51. The molecular weight excluding hydrogens is 275 g/mol. The molecule has 2 aliphatic rings. The molecule has 1 heteroatoms. The third-order valence-electron chi connectivity index (χ3n) is 6.38. The summed E-state index contributed by atoms with van der Waals surface area (Å²) in [6.07, 6.45) is 10.0. The predicted octanol–water partition coefficient (Wildman–Crippen LogP) is 6.16. The molecule has 0 amide bonds. The first-order valence-corrected chi connectivity index (χ1v) is 9.50. The fourth-order valence-electron chi connectivity index (χ4n) is 5.43. The van der Waals surface area contributed by atoms with Crippen molar-refractivity contribution in [3.8, 4) is 0 Å². The molecule has 118 valence electrons. The maximum absolute atomic E-state index is 2.37. The largest absolute Gasteiger partial charge is 0.155 e. The van der Waals surface area contributed by atoms with Gasteiger partial charge in [0, 0.05) is 0 Å². The quantitative estimate of drug-likeness (QED) is 0.594. The Morgan fingerprint density at radius 3 is 1.83 bits per heavy atom. The molecule has 2 aliphatic heterocycles. The maximum Gasteiger partial charge on any atom is 0.155 e. The number of fused-ring (bicyclic) bond motifs is 2. The van der Waals surface area contributed by atoms with Crippen molar-refractivity contribution in [1.82, 2.24) is 0 Å². The SMILES string of the molecule is c1ccc(CC(B2C3CCCC2CCC3)c2ccccc2)cc1. The molecule has 1 unspecified atom stereocenters. The van der Waals surface area contributed by atoms with Crippen LogP contribution >= 0.6 is 0 Å². The van der Waals surface area contributed by atoms with Crippen molar-refractivity contribution >= 4 is 6.71 Å². The Bertz CT molecular complexity index is 584. The van der Waals surface area contributed by atoms with E-state index in [1.807, 2.05) is 0 Å². The molecule has 0 radical (unpaired) electrons. The van der Waals surface area contributed by atoms with Crippen molar-refractivity contribution in [2.75, 3.05) is 0 Å². The van der Waals surface area contributed by atoms with E-state index < -0.39 is 0 Å². The van der Waals surface area contributed by atoms with Crippen LogP contribution in [0.5, 0.6) is 0 Å². The Morgan fingerprint density at radius 2 is 1.26 bits per heavy atom. The first-order chi connectivity index (χ1) is 11.4. The molecular formula is C22H27B. The zero-order valence-electron chi connectivity index (χ0n) is 14.0. The molecule has 2 aromatic rings. The second-order valence-corrected chi connectivity index (χ2v) is 7.67. The summed E-state index contributed by atoms with van der Waals surface area (Å²) in [6, 6.07) is 22.5. The molecule has 2 heterocycles. The van der Waals surface area contributed by atoms with E-state index in [1.54, 1.807) is 5.56 Å². The van der Waals surface area contributed by atoms with Crippen LogP contribution in [0.15, 0.2) is 60.7 Å². The Hall–Kier alpha value is -1.50. The van der Waals surface area contributed by atoms with Crippen LogP contribution in [-0.4, -0.2) is 6.71 Å². The Labute approximate surface area is 141 Å². The lowest BCUT2D eigenvalue weighted by atomic mass is 9.21. The molecule has 0 aliphatic carbocycles. The summed E-state index contributed by atoms with van der Waals surface area (Å²) >= 11 is 0. The molecule has 2 aromatic carbocycles. The van der Waals surface area contributed by atoms with Crippen molar-refractivity contribution in [3.63, 3.8) is 0 Å². The molecule has 1 atom stereocenters. The highest BCUT2D eigenvalue weighted by Gasteiger charge is 2.43. The number of rotatable bonds is 4. The molecule has 2 fully saturated rings. The van der Waals surface area contributed by atoms with Gasteiger partial charge in [0.25, 0.3) is 0 Å². The van der Waals surface area contributed by atoms with E-state index >= 15 is 0 Å². The van der Waals surface area contributed by atoms with E-state index in [0.717, 1.165) is 18.3 Å². The normalized spacial score (nSPS) is 25.1. The van der Waals surface area contributed by atoms with Crippen LogP contribution < -0.4 is 0 Å². The van der Waals surface area contributed by atoms with E-state index in [2.05, 4.69) is 60.7 Å². The zero-order chi connectivity index (χ0) is 15.5. The molecule has 0 nitrogen and oxygen atoms in total. The lowest BCUT2D eigenvalue weighted by molar-refractivity contribution is 0.434. The van der Waals surface area contributed by atoms with E-state index in [0.29, 0.717) is 5.82 Å². The van der Waals surface area contributed by atoms with Crippen molar-refractivity contribution in [3.05, 3.63) is 71.8 Å². The van der Waals surface area contributed by atoms with Gasteiger partial charge < -0.3 is 0 Å². The van der Waals surface area contributed by atoms with E-state index in [9.17, 15) is 0 Å². The monoisotopic (exact) mass is 302 g/mol. The smallest absolute Gasteiger partial charge is 0.0622 e. The van der Waals surface area contributed by atoms with Gasteiger partial charge in [0.1, 0.15) is 0 Å². The summed E-state index contributed by atoms with van der Waals surface area (Å²) in [5.74, 6) is 2.64. The van der Waals surface area contributed by atoms with Gasteiger partial charge in [-0.2, -0.15) is 0 Å². The lowest BCUT2D eigenvalue weighted by Gasteiger charge is -2.44. The van der Waals surface area contributed by atoms with Gasteiger partial charge in [-0.15, -0.1) is 0 Å². The first kappa shape index (κ1) is 15.1. The lowest BCUT2D eigenvalue weighted by Crippen LogP contribution is -2.40. The minimum atomic E-state index is 0.703. The van der Waals surface area contributed by atoms with Gasteiger partial charge in [-0.05, 0) is 17.8 Å². The molecule has 0 spiro atoms. The highest BCUT2D eigenvalue weighted by molar-refractivity contribution is 6.64. The molecule has 4 rings (SSSR count). The van der Waals surface area contributed by atoms with Gasteiger partial charge in [0.15, 0.2) is 6.71 Å². The second-order valence-electron chi connectivity index (χ2n) is 7.67. The molecule has 0 N–H and O–H groups in total. The van der Waals surface area contributed by atoms with Crippen LogP contribution in [0.2, 0.25) is 11.6 Å². The summed E-state index contributed by atoms with van der Waals surface area (Å²) in [6.45, 7) is 0.903. The minimum Gasteiger partial charge on any atom is -0.0622 e. The molecule has 0 aromatic heterocycles. The fraction of sp³-hybridized carbons (Fsp3) is 0.455. The van der Waals surface area contributed by atoms with E-state index in [1.165, 1.54) is 50.5 Å². The first-order valence-electron chi connectivity index (χ1n) is 9.50. The van der Waals surface area contributed by atoms with Crippen LogP contribution in [0.4, 0.5) is 0 Å². The van der Waals surface area contributed by atoms with Gasteiger partial charge in [-0.3, -0.25) is 0 Å². The van der Waals surface area contributed by atoms with Crippen LogP contribution in [0, 0.1) is 0 Å². The van der Waals surface area contributed by atoms with Gasteiger partial charge >= 0.3 is 0 Å².